The van der Waals surface area contributed by atoms with E-state index in [-0.39, 0.29) is 17.9 Å². The summed E-state index contributed by atoms with van der Waals surface area (Å²) in [7, 11) is 0. The van der Waals surface area contributed by atoms with Crippen LogP contribution >= 0.6 is 0 Å². The first-order chi connectivity index (χ1) is 12.7. The second-order valence-electron chi connectivity index (χ2n) is 6.32. The van der Waals surface area contributed by atoms with Crippen LogP contribution in [-0.2, 0) is 6.42 Å². The summed E-state index contributed by atoms with van der Waals surface area (Å²) in [6.07, 6.45) is 3.87. The predicted molar refractivity (Wildman–Crippen MR) is 94.6 cm³/mol. The number of halogens is 1. The molecule has 1 atom stereocenters. The van der Waals surface area contributed by atoms with Crippen LogP contribution in [0.5, 0.6) is 5.88 Å². The molecule has 1 aliphatic rings. The third-order valence-corrected chi connectivity index (χ3v) is 4.69. The maximum absolute atomic E-state index is 14.2. The zero-order valence-corrected chi connectivity index (χ0v) is 14.4. The van der Waals surface area contributed by atoms with Crippen LogP contribution in [-0.4, -0.2) is 45.0 Å². The Bertz CT molecular complexity index is 956. The molecule has 7 heteroatoms. The lowest BCUT2D eigenvalue weighted by molar-refractivity contribution is 0.0772. The Kier molecular flexibility index (Phi) is 4.28. The molecule has 1 amide bonds. The van der Waals surface area contributed by atoms with E-state index in [1.165, 1.54) is 6.33 Å². The molecule has 1 aliphatic heterocycles. The minimum Gasteiger partial charge on any atom is -0.470 e. The van der Waals surface area contributed by atoms with Crippen LogP contribution in [0.2, 0.25) is 0 Å². The molecule has 1 aromatic carbocycles. The third kappa shape index (κ3) is 2.89. The number of nitrogens with zero attached hydrogens (tertiary/aromatic N) is 3. The van der Waals surface area contributed by atoms with Crippen LogP contribution in [0.1, 0.15) is 29.4 Å². The van der Waals surface area contributed by atoms with Gasteiger partial charge in [0, 0.05) is 30.1 Å². The van der Waals surface area contributed by atoms with Crippen LogP contribution < -0.4 is 4.74 Å². The zero-order chi connectivity index (χ0) is 18.1. The molecule has 1 saturated heterocycles. The number of aromatic nitrogens is 3. The molecular formula is C19H19FN4O2. The van der Waals surface area contributed by atoms with E-state index in [0.29, 0.717) is 37.2 Å². The van der Waals surface area contributed by atoms with Gasteiger partial charge in [-0.3, -0.25) is 4.79 Å². The van der Waals surface area contributed by atoms with Crippen molar-refractivity contribution in [3.05, 3.63) is 53.9 Å². The average molecular weight is 354 g/mol. The number of carbonyl (C=O) groups excluding carboxylic acids is 1. The van der Waals surface area contributed by atoms with Gasteiger partial charge in [0.25, 0.3) is 11.8 Å². The highest BCUT2D eigenvalue weighted by Crippen LogP contribution is 2.24. The van der Waals surface area contributed by atoms with E-state index < -0.39 is 5.82 Å². The smallest absolute Gasteiger partial charge is 0.256 e. The van der Waals surface area contributed by atoms with Crippen LogP contribution in [0.15, 0.2) is 36.8 Å². The van der Waals surface area contributed by atoms with Crippen LogP contribution in [0.25, 0.3) is 10.9 Å². The van der Waals surface area contributed by atoms with Gasteiger partial charge in [0.2, 0.25) is 5.82 Å². The number of benzene rings is 1. The van der Waals surface area contributed by atoms with Crippen LogP contribution in [0, 0.1) is 5.82 Å². The fourth-order valence-electron chi connectivity index (χ4n) is 3.30. The number of fused-ring (bicyclic) bond motifs is 1. The topological polar surface area (TPSA) is 71.1 Å². The zero-order valence-electron chi connectivity index (χ0n) is 14.4. The van der Waals surface area contributed by atoms with Gasteiger partial charge in [-0.1, -0.05) is 25.1 Å². The summed E-state index contributed by atoms with van der Waals surface area (Å²) in [5.74, 6) is -0.606. The molecular weight excluding hydrogens is 335 g/mol. The normalized spacial score (nSPS) is 17.0. The minimum atomic E-state index is -0.517. The van der Waals surface area contributed by atoms with Crippen molar-refractivity contribution >= 4 is 16.8 Å². The van der Waals surface area contributed by atoms with Gasteiger partial charge in [0.05, 0.1) is 17.8 Å². The third-order valence-electron chi connectivity index (χ3n) is 4.69. The molecule has 2 aromatic heterocycles. The quantitative estimate of drug-likeness (QED) is 0.782. The molecule has 3 heterocycles. The Hall–Kier alpha value is -2.96. The van der Waals surface area contributed by atoms with Gasteiger partial charge < -0.3 is 14.6 Å². The molecule has 0 radical (unpaired) electrons. The number of rotatable bonds is 4. The molecule has 134 valence electrons. The number of para-hydroxylation sites is 1. The van der Waals surface area contributed by atoms with Crippen molar-refractivity contribution in [3.8, 4) is 5.88 Å². The molecule has 3 aromatic rings. The summed E-state index contributed by atoms with van der Waals surface area (Å²) in [6.45, 7) is 2.80. The monoisotopic (exact) mass is 354 g/mol. The fourth-order valence-corrected chi connectivity index (χ4v) is 3.30. The Morgan fingerprint density at radius 1 is 1.38 bits per heavy atom. The first kappa shape index (κ1) is 16.5. The summed E-state index contributed by atoms with van der Waals surface area (Å²) in [6, 6.07) is 7.69. The highest BCUT2D eigenvalue weighted by molar-refractivity contribution is 6.06. The molecule has 0 spiro atoms. The van der Waals surface area contributed by atoms with Crippen molar-refractivity contribution < 1.29 is 13.9 Å². The lowest BCUT2D eigenvalue weighted by Crippen LogP contribution is -2.31. The van der Waals surface area contributed by atoms with E-state index in [9.17, 15) is 9.18 Å². The number of carbonyl (C=O) groups is 1. The maximum Gasteiger partial charge on any atom is 0.256 e. The average Bonchev–Trinajstić information content (AvgIpc) is 3.30. The fraction of sp³-hybridized carbons (Fsp3) is 0.316. The lowest BCUT2D eigenvalue weighted by atomic mass is 10.1. The van der Waals surface area contributed by atoms with E-state index in [1.807, 2.05) is 31.2 Å². The number of amides is 1. The predicted octanol–water partition coefficient (Wildman–Crippen LogP) is 2.95. The van der Waals surface area contributed by atoms with Gasteiger partial charge in [-0.25, -0.2) is 4.98 Å². The van der Waals surface area contributed by atoms with E-state index in [1.54, 1.807) is 11.1 Å². The summed E-state index contributed by atoms with van der Waals surface area (Å²) in [5, 5.41) is 0.899. The number of hydrogen-bond acceptors (Lipinski definition) is 4. The van der Waals surface area contributed by atoms with Crippen molar-refractivity contribution in [1.82, 2.24) is 19.9 Å². The Balaban J connectivity index is 1.48. The maximum atomic E-state index is 14.2. The summed E-state index contributed by atoms with van der Waals surface area (Å²) in [5.41, 5.74) is 1.90. The number of aromatic amines is 1. The summed E-state index contributed by atoms with van der Waals surface area (Å²) >= 11 is 0. The number of H-pyrrole nitrogens is 1. The SMILES string of the molecule is CCc1ncnc(O[C@H]2CCN(C(=O)c3c[nH]c4ccccc34)C2)c1F. The second kappa shape index (κ2) is 6.74. The van der Waals surface area contributed by atoms with Gasteiger partial charge in [-0.15, -0.1) is 0 Å². The van der Waals surface area contributed by atoms with Crippen molar-refractivity contribution in [1.29, 1.82) is 0 Å². The molecule has 6 nitrogen and oxygen atoms in total. The molecule has 0 unspecified atom stereocenters. The number of hydrogen-bond donors (Lipinski definition) is 1. The number of nitrogens with one attached hydrogen (secondary N) is 1. The summed E-state index contributed by atoms with van der Waals surface area (Å²) in [4.78, 5) is 25.5. The Morgan fingerprint density at radius 2 is 2.23 bits per heavy atom. The van der Waals surface area contributed by atoms with Crippen LogP contribution in [0.3, 0.4) is 0 Å². The largest absolute Gasteiger partial charge is 0.470 e. The van der Waals surface area contributed by atoms with Gasteiger partial charge in [0.1, 0.15) is 12.4 Å². The van der Waals surface area contributed by atoms with Crippen LogP contribution in [0.4, 0.5) is 4.39 Å². The highest BCUT2D eigenvalue weighted by atomic mass is 19.1. The van der Waals surface area contributed by atoms with Crippen molar-refractivity contribution in [2.24, 2.45) is 0 Å². The van der Waals surface area contributed by atoms with E-state index in [4.69, 9.17) is 4.74 Å². The van der Waals surface area contributed by atoms with E-state index >= 15 is 0 Å². The Labute approximate surface area is 150 Å². The number of likely N-dealkylation sites (tertiary alicyclic amines) is 1. The highest BCUT2D eigenvalue weighted by Gasteiger charge is 2.30. The Morgan fingerprint density at radius 3 is 3.08 bits per heavy atom. The molecule has 4 rings (SSSR count). The van der Waals surface area contributed by atoms with Gasteiger partial charge in [-0.05, 0) is 12.5 Å². The lowest BCUT2D eigenvalue weighted by Gasteiger charge is -2.17. The second-order valence-corrected chi connectivity index (χ2v) is 6.32. The first-order valence-electron chi connectivity index (χ1n) is 8.68. The number of ether oxygens (including phenoxy) is 1. The first-order valence-corrected chi connectivity index (χ1v) is 8.68. The molecule has 0 bridgehead atoms. The van der Waals surface area contributed by atoms with Gasteiger partial charge in [0.15, 0.2) is 0 Å². The van der Waals surface area contributed by atoms with E-state index in [0.717, 1.165) is 10.9 Å². The molecule has 0 aliphatic carbocycles. The van der Waals surface area contributed by atoms with Crippen molar-refractivity contribution in [2.75, 3.05) is 13.1 Å². The van der Waals surface area contributed by atoms with E-state index in [2.05, 4.69) is 15.0 Å². The summed E-state index contributed by atoms with van der Waals surface area (Å²) < 4.78 is 20.0. The molecule has 1 fully saturated rings. The van der Waals surface area contributed by atoms with Gasteiger partial charge >= 0.3 is 0 Å². The molecule has 26 heavy (non-hydrogen) atoms. The van der Waals surface area contributed by atoms with Crippen molar-refractivity contribution in [2.45, 2.75) is 25.9 Å². The van der Waals surface area contributed by atoms with Gasteiger partial charge in [-0.2, -0.15) is 9.37 Å². The molecule has 0 saturated carbocycles. The molecule has 1 N–H and O–H groups in total. The van der Waals surface area contributed by atoms with Crippen molar-refractivity contribution in [3.63, 3.8) is 0 Å². The minimum absolute atomic E-state index is 0.0387. The standard InChI is InChI=1S/C19H19FN4O2/c1-2-15-17(20)18(23-11-22-15)26-12-7-8-24(10-12)19(25)14-9-21-16-6-4-3-5-13(14)16/h3-6,9,11-12,21H,2,7-8,10H2,1H3/t12-/m0/s1. The number of aryl methyl sites for hydroxylation is 1.